The predicted octanol–water partition coefficient (Wildman–Crippen LogP) is 0.602. The zero-order valence-electron chi connectivity index (χ0n) is 10.3. The average molecular weight is 263 g/mol. The molecule has 0 saturated carbocycles. The van der Waals surface area contributed by atoms with E-state index < -0.39 is 0 Å². The molecule has 0 bridgehead atoms. The van der Waals surface area contributed by atoms with Crippen molar-refractivity contribution in [3.63, 3.8) is 0 Å². The van der Waals surface area contributed by atoms with Crippen LogP contribution in [0.1, 0.15) is 24.7 Å². The molecule has 2 heterocycles. The molecule has 1 fully saturated rings. The minimum absolute atomic E-state index is 0. The van der Waals surface area contributed by atoms with Crippen LogP contribution in [-0.2, 0) is 11.3 Å². The molecular weight excluding hydrogens is 244 g/mol. The molecule has 0 radical (unpaired) electrons. The largest absolute Gasteiger partial charge is 0.374 e. The predicted molar refractivity (Wildman–Crippen MR) is 65.1 cm³/mol. The van der Waals surface area contributed by atoms with Gasteiger partial charge in [0.15, 0.2) is 5.82 Å². The zero-order chi connectivity index (χ0) is 11.5. The summed E-state index contributed by atoms with van der Waals surface area (Å²) in [4.78, 5) is 6.51. The number of halogens is 1. The lowest BCUT2D eigenvalue weighted by molar-refractivity contribution is 0.109. The minimum atomic E-state index is -0.117. The number of methoxy groups -OCH3 is 1. The molecule has 1 aliphatic heterocycles. The second-order valence-electron chi connectivity index (χ2n) is 4.15. The smallest absolute Gasteiger partial charge is 0.240 e. The van der Waals surface area contributed by atoms with E-state index in [2.05, 4.69) is 27.4 Å². The van der Waals surface area contributed by atoms with Gasteiger partial charge in [-0.05, 0) is 14.0 Å². The first-order chi connectivity index (χ1) is 7.70. The molecule has 6 nitrogen and oxygen atoms in total. The highest BCUT2D eigenvalue weighted by molar-refractivity contribution is 5.85. The number of ether oxygens (including phenoxy) is 1. The molecule has 0 amide bonds. The van der Waals surface area contributed by atoms with E-state index in [1.54, 1.807) is 7.11 Å². The van der Waals surface area contributed by atoms with Crippen LogP contribution in [0.25, 0.3) is 0 Å². The van der Waals surface area contributed by atoms with Crippen molar-refractivity contribution in [3.8, 4) is 0 Å². The van der Waals surface area contributed by atoms with Crippen LogP contribution < -0.4 is 5.32 Å². The van der Waals surface area contributed by atoms with Gasteiger partial charge in [-0.2, -0.15) is 4.98 Å². The summed E-state index contributed by atoms with van der Waals surface area (Å²) >= 11 is 0. The van der Waals surface area contributed by atoms with Gasteiger partial charge in [-0.3, -0.25) is 4.90 Å². The van der Waals surface area contributed by atoms with E-state index in [0.29, 0.717) is 24.3 Å². The Balaban J connectivity index is 0.00000144. The molecule has 7 heteroatoms. The molecule has 1 N–H and O–H groups in total. The summed E-state index contributed by atoms with van der Waals surface area (Å²) in [6, 6.07) is 0.579. The van der Waals surface area contributed by atoms with Gasteiger partial charge in [-0.15, -0.1) is 12.4 Å². The normalized spacial score (nSPS) is 17.6. The summed E-state index contributed by atoms with van der Waals surface area (Å²) in [5.41, 5.74) is 0. The molecule has 1 saturated heterocycles. The van der Waals surface area contributed by atoms with Gasteiger partial charge in [0.25, 0.3) is 0 Å². The Bertz CT molecular complexity index is 343. The molecule has 1 unspecified atom stereocenters. The van der Waals surface area contributed by atoms with Crippen LogP contribution in [0, 0.1) is 0 Å². The van der Waals surface area contributed by atoms with Gasteiger partial charge in [0.05, 0.1) is 6.54 Å². The van der Waals surface area contributed by atoms with Crippen molar-refractivity contribution >= 4 is 12.4 Å². The van der Waals surface area contributed by atoms with Gasteiger partial charge in [0.1, 0.15) is 6.10 Å². The summed E-state index contributed by atoms with van der Waals surface area (Å²) in [6.07, 6.45) is -0.117. The maximum absolute atomic E-state index is 5.17. The molecule has 1 aliphatic rings. The van der Waals surface area contributed by atoms with Gasteiger partial charge < -0.3 is 14.6 Å². The van der Waals surface area contributed by atoms with Crippen LogP contribution in [0.5, 0.6) is 0 Å². The van der Waals surface area contributed by atoms with Crippen LogP contribution in [-0.4, -0.2) is 48.3 Å². The van der Waals surface area contributed by atoms with Crippen molar-refractivity contribution in [1.82, 2.24) is 20.4 Å². The summed E-state index contributed by atoms with van der Waals surface area (Å²) in [6.45, 7) is 4.65. The molecule has 0 aromatic carbocycles. The fourth-order valence-electron chi connectivity index (χ4n) is 1.53. The molecular formula is C10H19ClN4O2. The Morgan fingerprint density at radius 2 is 2.29 bits per heavy atom. The molecule has 1 atom stereocenters. The second-order valence-corrected chi connectivity index (χ2v) is 4.15. The minimum Gasteiger partial charge on any atom is -0.374 e. The van der Waals surface area contributed by atoms with E-state index in [9.17, 15) is 0 Å². The highest BCUT2D eigenvalue weighted by atomic mass is 35.5. The Morgan fingerprint density at radius 3 is 2.82 bits per heavy atom. The Kier molecular flexibility index (Phi) is 5.32. The number of likely N-dealkylation sites (N-methyl/N-ethyl adjacent to an activating group) is 1. The van der Waals surface area contributed by atoms with Gasteiger partial charge in [-0.25, -0.2) is 0 Å². The van der Waals surface area contributed by atoms with Crippen molar-refractivity contribution in [3.05, 3.63) is 11.7 Å². The SMILES string of the molecule is COC(C)c1noc(CN(C)C2CNC2)n1.Cl. The van der Waals surface area contributed by atoms with Crippen molar-refractivity contribution in [1.29, 1.82) is 0 Å². The Labute approximate surface area is 107 Å². The maximum atomic E-state index is 5.17. The number of nitrogens with one attached hydrogen (secondary N) is 1. The van der Waals surface area contributed by atoms with Crippen molar-refractivity contribution < 1.29 is 9.26 Å². The number of rotatable bonds is 5. The fourth-order valence-corrected chi connectivity index (χ4v) is 1.53. The summed E-state index contributed by atoms with van der Waals surface area (Å²) in [5, 5.41) is 7.12. The van der Waals surface area contributed by atoms with E-state index in [4.69, 9.17) is 9.26 Å². The monoisotopic (exact) mass is 262 g/mol. The van der Waals surface area contributed by atoms with Crippen LogP contribution in [0.15, 0.2) is 4.52 Å². The van der Waals surface area contributed by atoms with Crippen molar-refractivity contribution in [2.45, 2.75) is 25.6 Å². The molecule has 1 aromatic heterocycles. The van der Waals surface area contributed by atoms with Gasteiger partial charge in [-0.1, -0.05) is 5.16 Å². The first-order valence-corrected chi connectivity index (χ1v) is 5.47. The van der Waals surface area contributed by atoms with Crippen LogP contribution in [0.4, 0.5) is 0 Å². The number of nitrogens with zero attached hydrogens (tertiary/aromatic N) is 3. The van der Waals surface area contributed by atoms with E-state index in [-0.39, 0.29) is 18.5 Å². The van der Waals surface area contributed by atoms with Crippen molar-refractivity contribution in [2.24, 2.45) is 0 Å². The lowest BCUT2D eigenvalue weighted by atomic mass is 10.1. The molecule has 98 valence electrons. The average Bonchev–Trinajstić information content (AvgIpc) is 2.62. The third-order valence-corrected chi connectivity index (χ3v) is 2.97. The summed E-state index contributed by atoms with van der Waals surface area (Å²) in [5.74, 6) is 1.26. The standard InChI is InChI=1S/C10H18N4O2.ClH/c1-7(15-3)10-12-9(16-13-10)6-14(2)8-4-11-5-8;/h7-8,11H,4-6H2,1-3H3;1H. The van der Waals surface area contributed by atoms with E-state index in [0.717, 1.165) is 13.1 Å². The van der Waals surface area contributed by atoms with Gasteiger partial charge >= 0.3 is 0 Å². The maximum Gasteiger partial charge on any atom is 0.240 e. The molecule has 2 rings (SSSR count). The summed E-state index contributed by atoms with van der Waals surface area (Å²) in [7, 11) is 3.70. The van der Waals surface area contributed by atoms with E-state index in [1.807, 2.05) is 6.92 Å². The molecule has 0 aliphatic carbocycles. The third-order valence-electron chi connectivity index (χ3n) is 2.97. The number of hydrogen-bond donors (Lipinski definition) is 1. The van der Waals surface area contributed by atoms with Gasteiger partial charge in [0, 0.05) is 26.2 Å². The van der Waals surface area contributed by atoms with Crippen molar-refractivity contribution in [2.75, 3.05) is 27.2 Å². The lowest BCUT2D eigenvalue weighted by Gasteiger charge is -2.34. The highest BCUT2D eigenvalue weighted by Crippen LogP contribution is 2.13. The summed E-state index contributed by atoms with van der Waals surface area (Å²) < 4.78 is 10.3. The van der Waals surface area contributed by atoms with Crippen LogP contribution >= 0.6 is 12.4 Å². The Morgan fingerprint density at radius 1 is 1.59 bits per heavy atom. The first-order valence-electron chi connectivity index (χ1n) is 5.47. The Hall–Kier alpha value is -0.690. The molecule has 1 aromatic rings. The second kappa shape index (κ2) is 6.30. The quantitative estimate of drug-likeness (QED) is 0.839. The topological polar surface area (TPSA) is 63.4 Å². The van der Waals surface area contributed by atoms with Crippen LogP contribution in [0.2, 0.25) is 0 Å². The number of aromatic nitrogens is 2. The molecule has 0 spiro atoms. The highest BCUT2D eigenvalue weighted by Gasteiger charge is 2.23. The molecule has 17 heavy (non-hydrogen) atoms. The van der Waals surface area contributed by atoms with E-state index in [1.165, 1.54) is 0 Å². The zero-order valence-corrected chi connectivity index (χ0v) is 11.2. The first kappa shape index (κ1) is 14.4. The third kappa shape index (κ3) is 3.38. The lowest BCUT2D eigenvalue weighted by Crippen LogP contribution is -2.55. The van der Waals surface area contributed by atoms with Gasteiger partial charge in [0.2, 0.25) is 5.89 Å². The number of hydrogen-bond acceptors (Lipinski definition) is 6. The fraction of sp³-hybridized carbons (Fsp3) is 0.800. The van der Waals surface area contributed by atoms with Crippen LogP contribution in [0.3, 0.4) is 0 Å². The van der Waals surface area contributed by atoms with E-state index >= 15 is 0 Å².